The van der Waals surface area contributed by atoms with Gasteiger partial charge in [0, 0.05) is 24.5 Å². The molecular weight excluding hydrogens is 284 g/mol. The summed E-state index contributed by atoms with van der Waals surface area (Å²) in [5, 5.41) is 4.63. The van der Waals surface area contributed by atoms with E-state index in [0.717, 1.165) is 37.9 Å². The number of nitrogens with zero attached hydrogens (tertiary/aromatic N) is 1. The first-order chi connectivity index (χ1) is 10.1. The van der Waals surface area contributed by atoms with E-state index in [2.05, 4.69) is 5.32 Å². The molecule has 0 bridgehead atoms. The Morgan fingerprint density at radius 3 is 2.71 bits per heavy atom. The lowest BCUT2D eigenvalue weighted by Gasteiger charge is -2.32. The third-order valence-corrected chi connectivity index (χ3v) is 5.30. The number of piperidine rings is 1. The molecule has 116 valence electrons. The van der Waals surface area contributed by atoms with Crippen molar-refractivity contribution in [1.82, 2.24) is 9.62 Å². The molecule has 0 aromatic heterocycles. The van der Waals surface area contributed by atoms with Crippen molar-refractivity contribution in [1.29, 1.82) is 0 Å². The third-order valence-electron chi connectivity index (χ3n) is 3.68. The van der Waals surface area contributed by atoms with Gasteiger partial charge in [-0.15, -0.1) is 0 Å². The Bertz CT molecular complexity index is 549. The van der Waals surface area contributed by atoms with Gasteiger partial charge in [-0.1, -0.05) is 37.3 Å². The van der Waals surface area contributed by atoms with Crippen LogP contribution in [0.2, 0.25) is 0 Å². The SMILES string of the molecule is CCCN(C1CCCNC1)S(=O)(=O)C=Cc1ccccc1. The fourth-order valence-corrected chi connectivity index (χ4v) is 4.14. The maximum absolute atomic E-state index is 12.6. The van der Waals surface area contributed by atoms with Gasteiger partial charge in [0.15, 0.2) is 0 Å². The van der Waals surface area contributed by atoms with Gasteiger partial charge in [-0.3, -0.25) is 0 Å². The van der Waals surface area contributed by atoms with Crippen LogP contribution in [0.3, 0.4) is 0 Å². The van der Waals surface area contributed by atoms with Crippen LogP contribution >= 0.6 is 0 Å². The van der Waals surface area contributed by atoms with Gasteiger partial charge in [0.25, 0.3) is 0 Å². The first-order valence-electron chi connectivity index (χ1n) is 7.59. The van der Waals surface area contributed by atoms with Crippen LogP contribution in [0.1, 0.15) is 31.7 Å². The molecule has 1 atom stereocenters. The number of benzene rings is 1. The summed E-state index contributed by atoms with van der Waals surface area (Å²) in [6.45, 7) is 4.32. The molecule has 0 radical (unpaired) electrons. The van der Waals surface area contributed by atoms with Crippen molar-refractivity contribution in [2.24, 2.45) is 0 Å². The molecule has 1 aromatic rings. The van der Waals surface area contributed by atoms with Crippen LogP contribution in [0.5, 0.6) is 0 Å². The maximum Gasteiger partial charge on any atom is 0.236 e. The van der Waals surface area contributed by atoms with Gasteiger partial charge in [-0.2, -0.15) is 4.31 Å². The first kappa shape index (κ1) is 16.2. The summed E-state index contributed by atoms with van der Waals surface area (Å²) in [6, 6.07) is 9.60. The van der Waals surface area contributed by atoms with Crippen LogP contribution in [0, 0.1) is 0 Å². The van der Waals surface area contributed by atoms with E-state index < -0.39 is 10.0 Å². The van der Waals surface area contributed by atoms with E-state index in [1.165, 1.54) is 5.41 Å². The maximum atomic E-state index is 12.6. The van der Waals surface area contributed by atoms with Crippen LogP contribution < -0.4 is 5.32 Å². The van der Waals surface area contributed by atoms with Gasteiger partial charge in [0.1, 0.15) is 0 Å². The molecule has 21 heavy (non-hydrogen) atoms. The van der Waals surface area contributed by atoms with Gasteiger partial charge >= 0.3 is 0 Å². The number of nitrogens with one attached hydrogen (secondary N) is 1. The number of hydrogen-bond acceptors (Lipinski definition) is 3. The predicted octanol–water partition coefficient (Wildman–Crippen LogP) is 2.45. The van der Waals surface area contributed by atoms with E-state index in [1.807, 2.05) is 37.3 Å². The van der Waals surface area contributed by atoms with Gasteiger partial charge in [-0.25, -0.2) is 8.42 Å². The fourth-order valence-electron chi connectivity index (χ4n) is 2.62. The van der Waals surface area contributed by atoms with E-state index in [0.29, 0.717) is 6.54 Å². The number of sulfonamides is 1. The molecule has 1 N–H and O–H groups in total. The third kappa shape index (κ3) is 4.66. The molecule has 0 spiro atoms. The summed E-state index contributed by atoms with van der Waals surface area (Å²) >= 11 is 0. The minimum absolute atomic E-state index is 0.0733. The monoisotopic (exact) mass is 308 g/mol. The zero-order valence-corrected chi connectivity index (χ0v) is 13.3. The van der Waals surface area contributed by atoms with Gasteiger partial charge < -0.3 is 5.32 Å². The van der Waals surface area contributed by atoms with Gasteiger partial charge in [0.2, 0.25) is 10.0 Å². The Morgan fingerprint density at radius 2 is 2.10 bits per heavy atom. The van der Waals surface area contributed by atoms with Crippen molar-refractivity contribution >= 4 is 16.1 Å². The van der Waals surface area contributed by atoms with E-state index >= 15 is 0 Å². The molecule has 1 aromatic carbocycles. The average molecular weight is 308 g/mol. The molecule has 0 aliphatic carbocycles. The highest BCUT2D eigenvalue weighted by molar-refractivity contribution is 7.92. The molecule has 5 heteroatoms. The predicted molar refractivity (Wildman–Crippen MR) is 87.3 cm³/mol. The van der Waals surface area contributed by atoms with E-state index in [9.17, 15) is 8.42 Å². The molecule has 0 saturated carbocycles. The van der Waals surface area contributed by atoms with Crippen LogP contribution in [0.25, 0.3) is 6.08 Å². The van der Waals surface area contributed by atoms with E-state index in [4.69, 9.17) is 0 Å². The summed E-state index contributed by atoms with van der Waals surface area (Å²) in [4.78, 5) is 0. The zero-order valence-electron chi connectivity index (χ0n) is 12.5. The lowest BCUT2D eigenvalue weighted by molar-refractivity contribution is 0.268. The van der Waals surface area contributed by atoms with Crippen molar-refractivity contribution in [2.45, 2.75) is 32.2 Å². The molecule has 1 aliphatic heterocycles. The molecule has 1 aliphatic rings. The Balaban J connectivity index is 2.15. The molecule has 2 rings (SSSR count). The molecule has 4 nitrogen and oxygen atoms in total. The smallest absolute Gasteiger partial charge is 0.236 e. The van der Waals surface area contributed by atoms with E-state index in [-0.39, 0.29) is 6.04 Å². The fraction of sp³-hybridized carbons (Fsp3) is 0.500. The normalized spacial score (nSPS) is 20.2. The molecule has 1 saturated heterocycles. The standard InChI is InChI=1S/C16H24N2O2S/c1-2-12-18(16-9-6-11-17-14-16)21(19,20)13-10-15-7-4-3-5-8-15/h3-5,7-8,10,13,16-17H,2,6,9,11-12,14H2,1H3. The zero-order chi connectivity index (χ0) is 15.1. The quantitative estimate of drug-likeness (QED) is 0.878. The second-order valence-electron chi connectivity index (χ2n) is 5.37. The number of rotatable bonds is 6. The lowest BCUT2D eigenvalue weighted by atomic mass is 10.1. The van der Waals surface area contributed by atoms with Crippen molar-refractivity contribution in [3.8, 4) is 0 Å². The second-order valence-corrected chi connectivity index (χ2v) is 7.14. The molecule has 0 amide bonds. The second kappa shape index (κ2) is 7.73. The topological polar surface area (TPSA) is 49.4 Å². The minimum atomic E-state index is -3.37. The average Bonchev–Trinajstić information content (AvgIpc) is 2.52. The highest BCUT2D eigenvalue weighted by atomic mass is 32.2. The van der Waals surface area contributed by atoms with Crippen molar-refractivity contribution in [3.63, 3.8) is 0 Å². The Hall–Kier alpha value is -1.17. The Morgan fingerprint density at radius 1 is 1.33 bits per heavy atom. The van der Waals surface area contributed by atoms with E-state index in [1.54, 1.807) is 10.4 Å². The van der Waals surface area contributed by atoms with Crippen LogP contribution in [0.4, 0.5) is 0 Å². The Labute approximate surface area is 127 Å². The van der Waals surface area contributed by atoms with Crippen LogP contribution in [-0.2, 0) is 10.0 Å². The highest BCUT2D eigenvalue weighted by Gasteiger charge is 2.28. The van der Waals surface area contributed by atoms with Crippen molar-refractivity contribution < 1.29 is 8.42 Å². The molecule has 1 fully saturated rings. The van der Waals surface area contributed by atoms with Gasteiger partial charge in [0.05, 0.1) is 0 Å². The minimum Gasteiger partial charge on any atom is -0.315 e. The summed E-state index contributed by atoms with van der Waals surface area (Å²) in [7, 11) is -3.37. The molecule has 1 unspecified atom stereocenters. The van der Waals surface area contributed by atoms with Crippen LogP contribution in [-0.4, -0.2) is 38.4 Å². The van der Waals surface area contributed by atoms with Crippen molar-refractivity contribution in [3.05, 3.63) is 41.3 Å². The largest absolute Gasteiger partial charge is 0.315 e. The molecular formula is C16H24N2O2S. The first-order valence-corrected chi connectivity index (χ1v) is 9.09. The summed E-state index contributed by atoms with van der Waals surface area (Å²) in [5.41, 5.74) is 0.902. The lowest BCUT2D eigenvalue weighted by Crippen LogP contribution is -2.48. The Kier molecular flexibility index (Phi) is 5.96. The summed E-state index contributed by atoms with van der Waals surface area (Å²) < 4.78 is 26.9. The van der Waals surface area contributed by atoms with Crippen molar-refractivity contribution in [2.75, 3.05) is 19.6 Å². The highest BCUT2D eigenvalue weighted by Crippen LogP contribution is 2.17. The van der Waals surface area contributed by atoms with Gasteiger partial charge in [-0.05, 0) is 37.4 Å². The van der Waals surface area contributed by atoms with Crippen LogP contribution in [0.15, 0.2) is 35.7 Å². The number of hydrogen-bond donors (Lipinski definition) is 1. The molecule has 1 heterocycles. The summed E-state index contributed by atoms with van der Waals surface area (Å²) in [5.74, 6) is 0. The summed E-state index contributed by atoms with van der Waals surface area (Å²) in [6.07, 6.45) is 4.47.